The standard InChI is InChI=1S/C16H20N4O2/c1-19-6-2-3-13(9-19)16(21)20-10-14(11-20)22-15-7-12(8-17)4-5-18-15/h4-5,7,13-14H,2-3,6,9-11H2,1H3. The van der Waals surface area contributed by atoms with Crippen molar-refractivity contribution in [3.63, 3.8) is 0 Å². The monoisotopic (exact) mass is 300 g/mol. The van der Waals surface area contributed by atoms with Crippen LogP contribution in [-0.2, 0) is 4.79 Å². The van der Waals surface area contributed by atoms with Crippen molar-refractivity contribution in [3.8, 4) is 11.9 Å². The highest BCUT2D eigenvalue weighted by molar-refractivity contribution is 5.80. The Morgan fingerprint density at radius 3 is 3.00 bits per heavy atom. The molecule has 3 rings (SSSR count). The second kappa shape index (κ2) is 6.32. The molecule has 1 atom stereocenters. The number of rotatable bonds is 3. The topological polar surface area (TPSA) is 69.5 Å². The van der Waals surface area contributed by atoms with Crippen LogP contribution in [0.1, 0.15) is 18.4 Å². The highest BCUT2D eigenvalue weighted by Gasteiger charge is 2.37. The number of nitriles is 1. The number of hydrogen-bond donors (Lipinski definition) is 0. The third kappa shape index (κ3) is 3.20. The highest BCUT2D eigenvalue weighted by Crippen LogP contribution is 2.23. The minimum Gasteiger partial charge on any atom is -0.471 e. The predicted octanol–water partition coefficient (Wildman–Crippen LogP) is 0.885. The van der Waals surface area contributed by atoms with Gasteiger partial charge in [-0.05, 0) is 32.5 Å². The molecule has 2 fully saturated rings. The number of piperidine rings is 1. The van der Waals surface area contributed by atoms with E-state index in [4.69, 9.17) is 10.00 Å². The van der Waals surface area contributed by atoms with Crippen molar-refractivity contribution in [2.24, 2.45) is 5.92 Å². The molecule has 0 aromatic carbocycles. The molecule has 1 unspecified atom stereocenters. The molecule has 0 bridgehead atoms. The third-order valence-corrected chi connectivity index (χ3v) is 4.28. The number of pyridine rings is 1. The number of amides is 1. The van der Waals surface area contributed by atoms with Gasteiger partial charge >= 0.3 is 0 Å². The lowest BCUT2D eigenvalue weighted by molar-refractivity contribution is -0.146. The van der Waals surface area contributed by atoms with Gasteiger partial charge in [0.15, 0.2) is 0 Å². The number of aromatic nitrogens is 1. The molecule has 3 heterocycles. The Kier molecular flexibility index (Phi) is 4.25. The molecule has 0 N–H and O–H groups in total. The molecular weight excluding hydrogens is 280 g/mol. The first-order chi connectivity index (χ1) is 10.7. The molecule has 1 aromatic heterocycles. The van der Waals surface area contributed by atoms with Gasteiger partial charge in [0.25, 0.3) is 0 Å². The van der Waals surface area contributed by atoms with Crippen molar-refractivity contribution in [2.45, 2.75) is 18.9 Å². The van der Waals surface area contributed by atoms with Crippen LogP contribution in [0.25, 0.3) is 0 Å². The summed E-state index contributed by atoms with van der Waals surface area (Å²) in [6.45, 7) is 3.15. The second-order valence-electron chi connectivity index (χ2n) is 6.08. The summed E-state index contributed by atoms with van der Waals surface area (Å²) in [7, 11) is 2.06. The van der Waals surface area contributed by atoms with Crippen LogP contribution in [0.15, 0.2) is 18.3 Å². The van der Waals surface area contributed by atoms with E-state index in [9.17, 15) is 4.79 Å². The summed E-state index contributed by atoms with van der Waals surface area (Å²) >= 11 is 0. The molecule has 116 valence electrons. The van der Waals surface area contributed by atoms with Crippen LogP contribution in [0.2, 0.25) is 0 Å². The molecule has 0 aliphatic carbocycles. The second-order valence-corrected chi connectivity index (χ2v) is 6.08. The lowest BCUT2D eigenvalue weighted by atomic mass is 9.95. The number of ether oxygens (including phenoxy) is 1. The minimum atomic E-state index is -0.0216. The molecule has 1 amide bonds. The van der Waals surface area contributed by atoms with Crippen LogP contribution < -0.4 is 4.74 Å². The van der Waals surface area contributed by atoms with E-state index in [0.717, 1.165) is 25.9 Å². The largest absolute Gasteiger partial charge is 0.471 e. The Labute approximate surface area is 130 Å². The van der Waals surface area contributed by atoms with Gasteiger partial charge in [-0.3, -0.25) is 4.79 Å². The zero-order valence-electron chi connectivity index (χ0n) is 12.7. The van der Waals surface area contributed by atoms with Gasteiger partial charge in [0.05, 0.1) is 30.6 Å². The Bertz CT molecular complexity index is 592. The average molecular weight is 300 g/mol. The third-order valence-electron chi connectivity index (χ3n) is 4.28. The van der Waals surface area contributed by atoms with Crippen LogP contribution >= 0.6 is 0 Å². The number of hydrogen-bond acceptors (Lipinski definition) is 5. The van der Waals surface area contributed by atoms with Crippen LogP contribution in [0, 0.1) is 17.2 Å². The van der Waals surface area contributed by atoms with E-state index < -0.39 is 0 Å². The summed E-state index contributed by atoms with van der Waals surface area (Å²) in [5, 5.41) is 8.86. The van der Waals surface area contributed by atoms with Crippen molar-refractivity contribution in [1.29, 1.82) is 5.26 Å². The maximum Gasteiger partial charge on any atom is 0.227 e. The lowest BCUT2D eigenvalue weighted by Crippen LogP contribution is -2.58. The quantitative estimate of drug-likeness (QED) is 0.829. The molecule has 2 saturated heterocycles. The van der Waals surface area contributed by atoms with E-state index in [2.05, 4.69) is 23.0 Å². The maximum atomic E-state index is 12.4. The molecular formula is C16H20N4O2. The van der Waals surface area contributed by atoms with Gasteiger partial charge in [-0.1, -0.05) is 0 Å². The van der Waals surface area contributed by atoms with Crippen LogP contribution in [0.3, 0.4) is 0 Å². The SMILES string of the molecule is CN1CCCC(C(=O)N2CC(Oc3cc(C#N)ccn3)C2)C1. The van der Waals surface area contributed by atoms with Crippen molar-refractivity contribution in [3.05, 3.63) is 23.9 Å². The van der Waals surface area contributed by atoms with Crippen molar-refractivity contribution >= 4 is 5.91 Å². The molecule has 0 radical (unpaired) electrons. The fourth-order valence-electron chi connectivity index (χ4n) is 3.03. The van der Waals surface area contributed by atoms with E-state index in [1.165, 1.54) is 0 Å². The predicted molar refractivity (Wildman–Crippen MR) is 80.2 cm³/mol. The van der Waals surface area contributed by atoms with E-state index >= 15 is 0 Å². The molecule has 2 aliphatic heterocycles. The first kappa shape index (κ1) is 14.8. The Balaban J connectivity index is 1.49. The number of carbonyl (C=O) groups is 1. The Morgan fingerprint density at radius 2 is 2.27 bits per heavy atom. The zero-order valence-corrected chi connectivity index (χ0v) is 12.7. The summed E-state index contributed by atoms with van der Waals surface area (Å²) in [4.78, 5) is 20.6. The van der Waals surface area contributed by atoms with Gasteiger partial charge in [-0.25, -0.2) is 4.98 Å². The van der Waals surface area contributed by atoms with Crippen molar-refractivity contribution in [1.82, 2.24) is 14.8 Å². The van der Waals surface area contributed by atoms with E-state index in [1.54, 1.807) is 18.3 Å². The van der Waals surface area contributed by atoms with Gasteiger partial charge in [0, 0.05) is 18.8 Å². The zero-order chi connectivity index (χ0) is 15.5. The van der Waals surface area contributed by atoms with Crippen LogP contribution in [-0.4, -0.2) is 60.0 Å². The van der Waals surface area contributed by atoms with Crippen LogP contribution in [0.5, 0.6) is 5.88 Å². The van der Waals surface area contributed by atoms with E-state index in [-0.39, 0.29) is 17.9 Å². The molecule has 6 nitrogen and oxygen atoms in total. The first-order valence-electron chi connectivity index (χ1n) is 7.66. The summed E-state index contributed by atoms with van der Waals surface area (Å²) in [5.41, 5.74) is 0.530. The normalized spacial score (nSPS) is 22.7. The van der Waals surface area contributed by atoms with Crippen molar-refractivity contribution in [2.75, 3.05) is 33.2 Å². The smallest absolute Gasteiger partial charge is 0.227 e. The van der Waals surface area contributed by atoms with Crippen LogP contribution in [0.4, 0.5) is 0 Å². The molecule has 2 aliphatic rings. The molecule has 0 spiro atoms. The Hall–Kier alpha value is -2.13. The van der Waals surface area contributed by atoms with E-state index in [0.29, 0.717) is 24.5 Å². The number of nitrogens with zero attached hydrogens (tertiary/aromatic N) is 4. The van der Waals surface area contributed by atoms with Gasteiger partial charge in [-0.2, -0.15) is 5.26 Å². The average Bonchev–Trinajstić information content (AvgIpc) is 2.50. The molecule has 0 saturated carbocycles. The van der Waals surface area contributed by atoms with Gasteiger partial charge in [0.2, 0.25) is 11.8 Å². The summed E-state index contributed by atoms with van der Waals surface area (Å²) in [6, 6.07) is 5.33. The van der Waals surface area contributed by atoms with E-state index in [1.807, 2.05) is 4.90 Å². The van der Waals surface area contributed by atoms with Gasteiger partial charge in [-0.15, -0.1) is 0 Å². The summed E-state index contributed by atoms with van der Waals surface area (Å²) < 4.78 is 5.72. The highest BCUT2D eigenvalue weighted by atomic mass is 16.5. The fraction of sp³-hybridized carbons (Fsp3) is 0.562. The van der Waals surface area contributed by atoms with Gasteiger partial charge < -0.3 is 14.5 Å². The number of likely N-dealkylation sites (tertiary alicyclic amines) is 2. The molecule has 22 heavy (non-hydrogen) atoms. The molecule has 1 aromatic rings. The fourth-order valence-corrected chi connectivity index (χ4v) is 3.03. The lowest BCUT2D eigenvalue weighted by Gasteiger charge is -2.41. The minimum absolute atomic E-state index is 0.0216. The Morgan fingerprint density at radius 1 is 1.45 bits per heavy atom. The maximum absolute atomic E-state index is 12.4. The summed E-state index contributed by atoms with van der Waals surface area (Å²) in [5.74, 6) is 0.818. The first-order valence-corrected chi connectivity index (χ1v) is 7.66. The number of carbonyl (C=O) groups excluding carboxylic acids is 1. The van der Waals surface area contributed by atoms with Crippen molar-refractivity contribution < 1.29 is 9.53 Å². The molecule has 6 heteroatoms. The summed E-state index contributed by atoms with van der Waals surface area (Å²) in [6.07, 6.45) is 3.61. The van der Waals surface area contributed by atoms with Gasteiger partial charge in [0.1, 0.15) is 6.10 Å².